The molecule has 108 valence electrons. The molecule has 1 aromatic rings. The van der Waals surface area contributed by atoms with Gasteiger partial charge in [0, 0.05) is 5.38 Å². The van der Waals surface area contributed by atoms with Gasteiger partial charge in [-0.05, 0) is 5.41 Å². The van der Waals surface area contributed by atoms with E-state index in [-0.39, 0.29) is 12.3 Å². The van der Waals surface area contributed by atoms with Crippen molar-refractivity contribution in [3.05, 3.63) is 11.1 Å². The third kappa shape index (κ3) is 2.64. The maximum atomic E-state index is 12.0. The van der Waals surface area contributed by atoms with Crippen molar-refractivity contribution < 1.29 is 19.5 Å². The molecule has 1 aromatic heterocycles. The van der Waals surface area contributed by atoms with Crippen LogP contribution in [0.2, 0.25) is 0 Å². The fourth-order valence-electron chi connectivity index (χ4n) is 2.40. The number of anilines is 1. The first-order chi connectivity index (χ1) is 9.23. The number of nitrogens with two attached hydrogens (primary N) is 1. The zero-order valence-electron chi connectivity index (χ0n) is 11.0. The van der Waals surface area contributed by atoms with Crippen LogP contribution in [-0.2, 0) is 20.8 Å². The van der Waals surface area contributed by atoms with Gasteiger partial charge >= 0.3 is 5.97 Å². The number of nitrogens with zero attached hydrogens (tertiary/aromatic N) is 1. The molecule has 4 N–H and O–H groups in total. The quantitative estimate of drug-likeness (QED) is 0.729. The number of hydrogen-bond acceptors (Lipinski definition) is 5. The maximum Gasteiger partial charge on any atom is 0.307 e. The second-order valence-electron chi connectivity index (χ2n) is 5.39. The number of carbonyl (C=O) groups excluding carboxylic acids is 2. The number of aliphatic carboxylic acids is 1. The Labute approximate surface area is 119 Å². The monoisotopic (exact) mass is 297 g/mol. The van der Waals surface area contributed by atoms with Crippen molar-refractivity contribution in [1.82, 2.24) is 4.98 Å². The van der Waals surface area contributed by atoms with Crippen LogP contribution in [0.5, 0.6) is 0 Å². The topological polar surface area (TPSA) is 122 Å². The second kappa shape index (κ2) is 4.86. The molecule has 0 aromatic carbocycles. The molecule has 20 heavy (non-hydrogen) atoms. The van der Waals surface area contributed by atoms with Crippen molar-refractivity contribution in [2.24, 2.45) is 23.0 Å². The van der Waals surface area contributed by atoms with E-state index in [9.17, 15) is 14.4 Å². The molecule has 0 unspecified atom stereocenters. The Kier molecular flexibility index (Phi) is 3.51. The number of nitrogens with one attached hydrogen (secondary N) is 1. The Bertz CT molecular complexity index is 581. The summed E-state index contributed by atoms with van der Waals surface area (Å²) in [5, 5.41) is 13.6. The minimum absolute atomic E-state index is 0.0129. The molecule has 0 radical (unpaired) electrons. The van der Waals surface area contributed by atoms with E-state index >= 15 is 0 Å². The van der Waals surface area contributed by atoms with Gasteiger partial charge in [-0.15, -0.1) is 11.3 Å². The summed E-state index contributed by atoms with van der Waals surface area (Å²) in [7, 11) is 0. The number of rotatable bonds is 5. The van der Waals surface area contributed by atoms with Crippen molar-refractivity contribution in [2.75, 3.05) is 5.32 Å². The zero-order chi connectivity index (χ0) is 15.1. The summed E-state index contributed by atoms with van der Waals surface area (Å²) in [5.41, 5.74) is 4.99. The van der Waals surface area contributed by atoms with Crippen LogP contribution in [0.4, 0.5) is 5.13 Å². The molecule has 0 saturated heterocycles. The molecule has 1 aliphatic rings. The van der Waals surface area contributed by atoms with Crippen LogP contribution >= 0.6 is 11.3 Å². The maximum absolute atomic E-state index is 12.0. The molecule has 2 atom stereocenters. The van der Waals surface area contributed by atoms with Crippen LogP contribution in [0.1, 0.15) is 19.5 Å². The van der Waals surface area contributed by atoms with Gasteiger partial charge in [-0.1, -0.05) is 13.8 Å². The molecule has 2 rings (SSSR count). The van der Waals surface area contributed by atoms with Crippen LogP contribution < -0.4 is 11.1 Å². The summed E-state index contributed by atoms with van der Waals surface area (Å²) < 4.78 is 0. The average molecular weight is 297 g/mol. The molecule has 1 heterocycles. The minimum atomic E-state index is -0.969. The van der Waals surface area contributed by atoms with Crippen LogP contribution in [-0.4, -0.2) is 27.9 Å². The van der Waals surface area contributed by atoms with Gasteiger partial charge in [0.15, 0.2) is 5.13 Å². The van der Waals surface area contributed by atoms with Gasteiger partial charge in [0.25, 0.3) is 0 Å². The highest BCUT2D eigenvalue weighted by Crippen LogP contribution is 2.58. The lowest BCUT2D eigenvalue weighted by molar-refractivity contribution is -0.140. The third-order valence-corrected chi connectivity index (χ3v) is 4.32. The van der Waals surface area contributed by atoms with Crippen LogP contribution in [0.3, 0.4) is 0 Å². The Morgan fingerprint density at radius 3 is 2.60 bits per heavy atom. The molecule has 2 amide bonds. The standard InChI is InChI=1S/C12H15N3O4S/c1-12(2)7(8(12)10(18)19)9(17)15-11-14-5(4-20-11)3-6(13)16/h4,7-8H,3H2,1-2H3,(H2,13,16)(H,18,19)(H,14,15,17)/t7-,8+/m0/s1. The van der Waals surface area contributed by atoms with E-state index in [4.69, 9.17) is 10.8 Å². The molecular weight excluding hydrogens is 282 g/mol. The summed E-state index contributed by atoms with van der Waals surface area (Å²) >= 11 is 1.18. The highest BCUT2D eigenvalue weighted by Gasteiger charge is 2.65. The van der Waals surface area contributed by atoms with E-state index in [1.807, 2.05) is 0 Å². The predicted molar refractivity (Wildman–Crippen MR) is 72.0 cm³/mol. The largest absolute Gasteiger partial charge is 0.481 e. The zero-order valence-corrected chi connectivity index (χ0v) is 11.9. The Morgan fingerprint density at radius 2 is 2.10 bits per heavy atom. The number of hydrogen-bond donors (Lipinski definition) is 3. The molecule has 7 nitrogen and oxygen atoms in total. The van der Waals surface area contributed by atoms with Gasteiger partial charge in [0.2, 0.25) is 11.8 Å². The van der Waals surface area contributed by atoms with Gasteiger partial charge in [-0.25, -0.2) is 4.98 Å². The molecular formula is C12H15N3O4S. The highest BCUT2D eigenvalue weighted by molar-refractivity contribution is 7.13. The van der Waals surface area contributed by atoms with Crippen molar-refractivity contribution in [3.63, 3.8) is 0 Å². The van der Waals surface area contributed by atoms with Gasteiger partial charge in [-0.3, -0.25) is 14.4 Å². The SMILES string of the molecule is CC1(C)[C@H](C(=O)Nc2nc(CC(N)=O)cs2)[C@@H]1C(=O)O. The van der Waals surface area contributed by atoms with E-state index in [1.165, 1.54) is 11.3 Å². The minimum Gasteiger partial charge on any atom is -0.481 e. The molecule has 0 aliphatic heterocycles. The normalized spacial score (nSPS) is 23.1. The smallest absolute Gasteiger partial charge is 0.307 e. The first-order valence-electron chi connectivity index (χ1n) is 6.00. The fourth-order valence-corrected chi connectivity index (χ4v) is 3.11. The number of carboxylic acid groups (broad SMARTS) is 1. The number of primary amides is 1. The molecule has 1 fully saturated rings. The fraction of sp³-hybridized carbons (Fsp3) is 0.500. The molecule has 1 saturated carbocycles. The van der Waals surface area contributed by atoms with E-state index in [1.54, 1.807) is 19.2 Å². The highest BCUT2D eigenvalue weighted by atomic mass is 32.1. The molecule has 8 heteroatoms. The van der Waals surface area contributed by atoms with Gasteiger partial charge in [0.05, 0.1) is 24.0 Å². The summed E-state index contributed by atoms with van der Waals surface area (Å²) in [6.45, 7) is 3.49. The number of aromatic nitrogens is 1. The Balaban J connectivity index is 2.01. The van der Waals surface area contributed by atoms with Gasteiger partial charge in [0.1, 0.15) is 0 Å². The number of amides is 2. The summed E-state index contributed by atoms with van der Waals surface area (Å²) in [5.74, 6) is -3.07. The average Bonchev–Trinajstić information content (AvgIpc) is 2.63. The van der Waals surface area contributed by atoms with Crippen molar-refractivity contribution in [2.45, 2.75) is 20.3 Å². The second-order valence-corrected chi connectivity index (χ2v) is 6.25. The summed E-state index contributed by atoms with van der Waals surface area (Å²) in [4.78, 5) is 37.9. The number of thiazole rings is 1. The van der Waals surface area contributed by atoms with Crippen LogP contribution in [0.15, 0.2) is 5.38 Å². The lowest BCUT2D eigenvalue weighted by Crippen LogP contribution is -2.18. The lowest BCUT2D eigenvalue weighted by atomic mass is 10.1. The molecule has 1 aliphatic carbocycles. The number of carbonyl (C=O) groups is 3. The summed E-state index contributed by atoms with van der Waals surface area (Å²) in [6, 6.07) is 0. The number of carboxylic acids is 1. The van der Waals surface area contributed by atoms with E-state index in [2.05, 4.69) is 10.3 Å². The van der Waals surface area contributed by atoms with Crippen LogP contribution in [0.25, 0.3) is 0 Å². The Morgan fingerprint density at radius 1 is 1.45 bits per heavy atom. The van der Waals surface area contributed by atoms with E-state index < -0.39 is 29.1 Å². The van der Waals surface area contributed by atoms with Crippen molar-refractivity contribution in [3.8, 4) is 0 Å². The summed E-state index contributed by atoms with van der Waals surface area (Å²) in [6.07, 6.45) is 0.0129. The lowest BCUT2D eigenvalue weighted by Gasteiger charge is -2.02. The van der Waals surface area contributed by atoms with E-state index in [0.717, 1.165) is 0 Å². The Hall–Kier alpha value is -1.96. The van der Waals surface area contributed by atoms with Crippen LogP contribution in [0, 0.1) is 17.3 Å². The van der Waals surface area contributed by atoms with Crippen molar-refractivity contribution >= 4 is 34.3 Å². The van der Waals surface area contributed by atoms with Crippen molar-refractivity contribution in [1.29, 1.82) is 0 Å². The van der Waals surface area contributed by atoms with Gasteiger partial charge < -0.3 is 16.2 Å². The van der Waals surface area contributed by atoms with Gasteiger partial charge in [-0.2, -0.15) is 0 Å². The molecule has 0 bridgehead atoms. The molecule has 0 spiro atoms. The van der Waals surface area contributed by atoms with E-state index in [0.29, 0.717) is 10.8 Å². The first-order valence-corrected chi connectivity index (χ1v) is 6.88. The predicted octanol–water partition coefficient (Wildman–Crippen LogP) is 0.466. The first kappa shape index (κ1) is 14.4. The third-order valence-electron chi connectivity index (χ3n) is 3.51.